The lowest BCUT2D eigenvalue weighted by molar-refractivity contribution is -0.137. The van der Waals surface area contributed by atoms with E-state index >= 15 is 0 Å². The van der Waals surface area contributed by atoms with Gasteiger partial charge in [-0.2, -0.15) is 0 Å². The Morgan fingerprint density at radius 2 is 1.92 bits per heavy atom. The third-order valence-electron chi connectivity index (χ3n) is 4.89. The van der Waals surface area contributed by atoms with Crippen LogP contribution in [0.15, 0.2) is 18.2 Å². The molecule has 2 N–H and O–H groups in total. The second kappa shape index (κ2) is 7.40. The Bertz CT molecular complexity index is 628. The number of carboxylic acid groups (broad SMARTS) is 1. The minimum absolute atomic E-state index is 0. The Hall–Kier alpha value is -1.79. The van der Waals surface area contributed by atoms with Crippen LogP contribution >= 0.6 is 12.4 Å². The highest BCUT2D eigenvalue weighted by atomic mass is 35.5. The largest absolute Gasteiger partial charge is 0.480 e. The highest BCUT2D eigenvalue weighted by molar-refractivity contribution is 5.95. The Kier molecular flexibility index (Phi) is 5.72. The van der Waals surface area contributed by atoms with E-state index in [0.717, 1.165) is 37.2 Å². The molecule has 6 nitrogen and oxygen atoms in total. The summed E-state index contributed by atoms with van der Waals surface area (Å²) >= 11 is 0. The number of carboxylic acids is 1. The SMILES string of the molecule is CN(C)C1CCN(C(=O)c2ccc3c(c2)CC(C(=O)O)N3)CC1.Cl. The molecule has 132 valence electrons. The maximum atomic E-state index is 12.7. The van der Waals surface area contributed by atoms with Crippen LogP contribution in [0.25, 0.3) is 0 Å². The van der Waals surface area contributed by atoms with E-state index in [4.69, 9.17) is 5.11 Å². The van der Waals surface area contributed by atoms with Gasteiger partial charge in [-0.25, -0.2) is 4.79 Å². The van der Waals surface area contributed by atoms with Crippen molar-refractivity contribution in [3.05, 3.63) is 29.3 Å². The normalized spacial score (nSPS) is 20.3. The highest BCUT2D eigenvalue weighted by Gasteiger charge is 2.29. The number of aliphatic carboxylic acids is 1. The number of piperidine rings is 1. The average Bonchev–Trinajstić information content (AvgIpc) is 2.97. The number of anilines is 1. The number of carbonyl (C=O) groups excluding carboxylic acids is 1. The number of carbonyl (C=O) groups is 2. The van der Waals surface area contributed by atoms with Crippen LogP contribution in [0.3, 0.4) is 0 Å². The van der Waals surface area contributed by atoms with Gasteiger partial charge in [0.1, 0.15) is 6.04 Å². The molecule has 0 saturated carbocycles. The molecule has 7 heteroatoms. The van der Waals surface area contributed by atoms with Crippen LogP contribution < -0.4 is 5.32 Å². The fourth-order valence-corrected chi connectivity index (χ4v) is 3.41. The van der Waals surface area contributed by atoms with Crippen LogP contribution in [0.2, 0.25) is 0 Å². The number of hydrogen-bond donors (Lipinski definition) is 2. The minimum Gasteiger partial charge on any atom is -0.480 e. The Morgan fingerprint density at radius 3 is 2.50 bits per heavy atom. The Balaban J connectivity index is 0.00000208. The summed E-state index contributed by atoms with van der Waals surface area (Å²) in [4.78, 5) is 27.9. The minimum atomic E-state index is -0.861. The van der Waals surface area contributed by atoms with Gasteiger partial charge in [-0.3, -0.25) is 4.79 Å². The van der Waals surface area contributed by atoms with Crippen LogP contribution in [-0.4, -0.2) is 66.1 Å². The first kappa shape index (κ1) is 18.5. The summed E-state index contributed by atoms with van der Waals surface area (Å²) in [5.41, 5.74) is 2.38. The lowest BCUT2D eigenvalue weighted by Gasteiger charge is -2.35. The van der Waals surface area contributed by atoms with Gasteiger partial charge < -0.3 is 20.2 Å². The average molecular weight is 354 g/mol. The molecule has 2 heterocycles. The van der Waals surface area contributed by atoms with E-state index in [9.17, 15) is 9.59 Å². The third kappa shape index (κ3) is 3.65. The molecule has 1 amide bonds. The van der Waals surface area contributed by atoms with E-state index in [1.165, 1.54) is 0 Å². The number of rotatable bonds is 3. The zero-order valence-electron chi connectivity index (χ0n) is 14.0. The van der Waals surface area contributed by atoms with Gasteiger partial charge in [0, 0.05) is 36.8 Å². The van der Waals surface area contributed by atoms with E-state index in [0.29, 0.717) is 18.0 Å². The first-order valence-electron chi connectivity index (χ1n) is 8.03. The quantitative estimate of drug-likeness (QED) is 0.865. The van der Waals surface area contributed by atoms with Crippen LogP contribution in [-0.2, 0) is 11.2 Å². The molecular formula is C17H24ClN3O3. The number of nitrogens with one attached hydrogen (secondary N) is 1. The van der Waals surface area contributed by atoms with Crippen LogP contribution in [0.5, 0.6) is 0 Å². The topological polar surface area (TPSA) is 72.9 Å². The number of amides is 1. The zero-order chi connectivity index (χ0) is 16.6. The summed E-state index contributed by atoms with van der Waals surface area (Å²) in [6.45, 7) is 1.55. The van der Waals surface area contributed by atoms with Gasteiger partial charge >= 0.3 is 5.97 Å². The molecule has 0 aromatic heterocycles. The van der Waals surface area contributed by atoms with E-state index in [1.807, 2.05) is 17.0 Å². The first-order valence-corrected chi connectivity index (χ1v) is 8.03. The molecule has 0 aliphatic carbocycles. The molecule has 0 spiro atoms. The Morgan fingerprint density at radius 1 is 1.25 bits per heavy atom. The molecule has 1 saturated heterocycles. The number of fused-ring (bicyclic) bond motifs is 1. The summed E-state index contributed by atoms with van der Waals surface area (Å²) in [6, 6.07) is 5.39. The molecule has 24 heavy (non-hydrogen) atoms. The van der Waals surface area contributed by atoms with E-state index in [-0.39, 0.29) is 18.3 Å². The van der Waals surface area contributed by atoms with Crippen molar-refractivity contribution >= 4 is 30.0 Å². The van der Waals surface area contributed by atoms with Gasteiger partial charge in [0.25, 0.3) is 5.91 Å². The molecule has 1 aromatic rings. The van der Waals surface area contributed by atoms with Gasteiger partial charge in [-0.15, -0.1) is 12.4 Å². The zero-order valence-corrected chi connectivity index (χ0v) is 14.8. The van der Waals surface area contributed by atoms with Crippen LogP contribution in [0, 0.1) is 0 Å². The number of hydrogen-bond acceptors (Lipinski definition) is 4. The molecule has 2 aliphatic rings. The summed E-state index contributed by atoms with van der Waals surface area (Å²) in [5.74, 6) is -0.816. The predicted molar refractivity (Wildman–Crippen MR) is 95.1 cm³/mol. The number of likely N-dealkylation sites (tertiary alicyclic amines) is 1. The number of benzene rings is 1. The van der Waals surface area contributed by atoms with E-state index in [1.54, 1.807) is 6.07 Å². The smallest absolute Gasteiger partial charge is 0.326 e. The van der Waals surface area contributed by atoms with Crippen LogP contribution in [0.4, 0.5) is 5.69 Å². The third-order valence-corrected chi connectivity index (χ3v) is 4.89. The van der Waals surface area contributed by atoms with Gasteiger partial charge in [-0.05, 0) is 50.7 Å². The first-order chi connectivity index (χ1) is 11.0. The fourth-order valence-electron chi connectivity index (χ4n) is 3.41. The monoisotopic (exact) mass is 353 g/mol. The molecular weight excluding hydrogens is 330 g/mol. The Labute approximate surface area is 148 Å². The van der Waals surface area contributed by atoms with Crippen molar-refractivity contribution in [2.45, 2.75) is 31.3 Å². The molecule has 0 radical (unpaired) electrons. The van der Waals surface area contributed by atoms with Crippen molar-refractivity contribution in [1.82, 2.24) is 9.80 Å². The number of nitrogens with zero attached hydrogens (tertiary/aromatic N) is 2. The van der Waals surface area contributed by atoms with Gasteiger partial charge in [-0.1, -0.05) is 0 Å². The molecule has 2 aliphatic heterocycles. The second-order valence-electron chi connectivity index (χ2n) is 6.60. The summed E-state index contributed by atoms with van der Waals surface area (Å²) in [5, 5.41) is 12.1. The van der Waals surface area contributed by atoms with Crippen molar-refractivity contribution < 1.29 is 14.7 Å². The molecule has 1 aromatic carbocycles. The summed E-state index contributed by atoms with van der Waals surface area (Å²) in [7, 11) is 4.16. The maximum Gasteiger partial charge on any atom is 0.326 e. The lowest BCUT2D eigenvalue weighted by atomic mass is 10.0. The van der Waals surface area contributed by atoms with Gasteiger partial charge in [0.05, 0.1) is 0 Å². The highest BCUT2D eigenvalue weighted by Crippen LogP contribution is 2.28. The van der Waals surface area contributed by atoms with Gasteiger partial charge in [0.2, 0.25) is 0 Å². The summed E-state index contributed by atoms with van der Waals surface area (Å²) < 4.78 is 0. The van der Waals surface area contributed by atoms with Crippen molar-refractivity contribution in [2.75, 3.05) is 32.5 Å². The van der Waals surface area contributed by atoms with E-state index < -0.39 is 12.0 Å². The van der Waals surface area contributed by atoms with Gasteiger partial charge in [0.15, 0.2) is 0 Å². The standard InChI is InChI=1S/C17H23N3O3.ClH/c1-19(2)13-5-7-20(8-6-13)16(21)11-3-4-14-12(9-11)10-15(18-14)17(22)23;/h3-4,9,13,15,18H,5-8,10H2,1-2H3,(H,22,23);1H. The second-order valence-corrected chi connectivity index (χ2v) is 6.60. The molecule has 0 bridgehead atoms. The fraction of sp³-hybridized carbons (Fsp3) is 0.529. The number of halogens is 1. The van der Waals surface area contributed by atoms with E-state index in [2.05, 4.69) is 24.3 Å². The van der Waals surface area contributed by atoms with Crippen molar-refractivity contribution in [1.29, 1.82) is 0 Å². The molecule has 1 atom stereocenters. The lowest BCUT2D eigenvalue weighted by Crippen LogP contribution is -2.44. The predicted octanol–water partition coefficient (Wildman–Crippen LogP) is 1.70. The van der Waals surface area contributed by atoms with Crippen molar-refractivity contribution in [3.8, 4) is 0 Å². The van der Waals surface area contributed by atoms with Crippen molar-refractivity contribution in [3.63, 3.8) is 0 Å². The molecule has 1 unspecified atom stereocenters. The molecule has 3 rings (SSSR count). The van der Waals surface area contributed by atoms with Crippen LogP contribution in [0.1, 0.15) is 28.8 Å². The maximum absolute atomic E-state index is 12.7. The van der Waals surface area contributed by atoms with Crippen molar-refractivity contribution in [2.24, 2.45) is 0 Å². The molecule has 1 fully saturated rings. The summed E-state index contributed by atoms with van der Waals surface area (Å²) in [6.07, 6.45) is 2.41.